The third-order valence-electron chi connectivity index (χ3n) is 2.59. The molecule has 0 radical (unpaired) electrons. The van der Waals surface area contributed by atoms with Gasteiger partial charge in [-0.25, -0.2) is 4.98 Å². The molecule has 0 aromatic carbocycles. The van der Waals surface area contributed by atoms with E-state index in [0.717, 1.165) is 27.7 Å². The molecule has 3 rings (SSSR count). The van der Waals surface area contributed by atoms with Crippen molar-refractivity contribution in [1.29, 1.82) is 0 Å². The number of hydrogen-bond acceptors (Lipinski definition) is 5. The van der Waals surface area contributed by atoms with E-state index < -0.39 is 0 Å². The Labute approximate surface area is 114 Å². The van der Waals surface area contributed by atoms with Crippen molar-refractivity contribution in [2.45, 2.75) is 6.92 Å². The maximum atomic E-state index is 5.33. The predicted molar refractivity (Wildman–Crippen MR) is 75.4 cm³/mol. The predicted octanol–water partition coefficient (Wildman–Crippen LogP) is 3.75. The lowest BCUT2D eigenvalue weighted by atomic mass is 10.2. The Morgan fingerprint density at radius 1 is 1.37 bits per heavy atom. The minimum Gasteiger partial charge on any atom is -0.462 e. The Bertz CT molecular complexity index is 687. The van der Waals surface area contributed by atoms with E-state index in [-0.39, 0.29) is 0 Å². The lowest BCUT2D eigenvalue weighted by Gasteiger charge is -1.97. The van der Waals surface area contributed by atoms with Crippen molar-refractivity contribution in [3.8, 4) is 10.8 Å². The highest BCUT2D eigenvalue weighted by Crippen LogP contribution is 2.25. The highest BCUT2D eigenvalue weighted by Gasteiger charge is 2.06. The van der Waals surface area contributed by atoms with E-state index in [1.807, 2.05) is 30.5 Å². The Morgan fingerprint density at radius 2 is 2.32 bits per heavy atom. The number of thiazole rings is 1. The van der Waals surface area contributed by atoms with Crippen LogP contribution in [-0.4, -0.2) is 15.0 Å². The van der Waals surface area contributed by atoms with Gasteiger partial charge in [-0.05, 0) is 30.7 Å². The van der Waals surface area contributed by atoms with E-state index in [4.69, 9.17) is 4.42 Å². The lowest BCUT2D eigenvalue weighted by molar-refractivity contribution is 0.582. The van der Waals surface area contributed by atoms with Crippen molar-refractivity contribution >= 4 is 23.0 Å². The zero-order valence-electron chi connectivity index (χ0n) is 10.3. The fourth-order valence-corrected chi connectivity index (χ4v) is 2.41. The van der Waals surface area contributed by atoms with E-state index in [1.165, 1.54) is 0 Å². The first-order valence-electron chi connectivity index (χ1n) is 5.77. The van der Waals surface area contributed by atoms with Gasteiger partial charge in [0.2, 0.25) is 0 Å². The van der Waals surface area contributed by atoms with E-state index >= 15 is 0 Å². The number of furan rings is 1. The molecule has 0 atom stereocenters. The molecule has 19 heavy (non-hydrogen) atoms. The zero-order valence-corrected chi connectivity index (χ0v) is 11.1. The zero-order chi connectivity index (χ0) is 13.1. The van der Waals surface area contributed by atoms with Crippen molar-refractivity contribution in [2.24, 2.45) is 0 Å². The van der Waals surface area contributed by atoms with Crippen molar-refractivity contribution < 1.29 is 4.42 Å². The molecule has 0 bridgehead atoms. The van der Waals surface area contributed by atoms with Crippen LogP contribution in [-0.2, 0) is 0 Å². The minimum absolute atomic E-state index is 0.793. The molecule has 5 heteroatoms. The molecule has 3 aromatic rings. The molecule has 3 heterocycles. The van der Waals surface area contributed by atoms with Crippen molar-refractivity contribution in [3.63, 3.8) is 0 Å². The van der Waals surface area contributed by atoms with Gasteiger partial charge >= 0.3 is 0 Å². The second kappa shape index (κ2) is 5.16. The van der Waals surface area contributed by atoms with Crippen molar-refractivity contribution in [1.82, 2.24) is 15.0 Å². The van der Waals surface area contributed by atoms with Crippen LogP contribution in [0, 0.1) is 0 Å². The summed E-state index contributed by atoms with van der Waals surface area (Å²) in [6.07, 6.45) is 8.73. The molecule has 4 nitrogen and oxygen atoms in total. The summed E-state index contributed by atoms with van der Waals surface area (Å²) >= 11 is 1.56. The first-order chi connectivity index (χ1) is 9.33. The topological polar surface area (TPSA) is 51.8 Å². The molecule has 0 saturated heterocycles. The van der Waals surface area contributed by atoms with Crippen LogP contribution < -0.4 is 0 Å². The Kier molecular flexibility index (Phi) is 3.20. The lowest BCUT2D eigenvalue weighted by Crippen LogP contribution is -1.86. The van der Waals surface area contributed by atoms with Gasteiger partial charge in [0.1, 0.15) is 0 Å². The van der Waals surface area contributed by atoms with Gasteiger partial charge in [-0.3, -0.25) is 9.97 Å². The van der Waals surface area contributed by atoms with Crippen molar-refractivity contribution in [2.75, 3.05) is 0 Å². The van der Waals surface area contributed by atoms with Crippen LogP contribution in [0.5, 0.6) is 0 Å². The smallest absolute Gasteiger partial charge is 0.162 e. The van der Waals surface area contributed by atoms with Gasteiger partial charge in [0.25, 0.3) is 0 Å². The van der Waals surface area contributed by atoms with Gasteiger partial charge in [-0.15, -0.1) is 11.3 Å². The quantitative estimate of drug-likeness (QED) is 0.726. The van der Waals surface area contributed by atoms with E-state index in [1.54, 1.807) is 36.2 Å². The summed E-state index contributed by atoms with van der Waals surface area (Å²) in [6, 6.07) is 3.76. The summed E-state index contributed by atoms with van der Waals surface area (Å²) in [4.78, 5) is 12.8. The Balaban J connectivity index is 1.88. The molecule has 3 aromatic heterocycles. The van der Waals surface area contributed by atoms with Crippen LogP contribution in [0.15, 0.2) is 46.8 Å². The summed E-state index contributed by atoms with van der Waals surface area (Å²) in [5.74, 6) is 0.793. The molecule has 0 unspecified atom stereocenters. The Hall–Kier alpha value is -2.27. The average molecular weight is 269 g/mol. The first kappa shape index (κ1) is 11.8. The fourth-order valence-electron chi connectivity index (χ4n) is 1.66. The molecule has 0 saturated carbocycles. The normalized spacial score (nSPS) is 11.7. The number of aromatic nitrogens is 3. The molecule has 0 aliphatic carbocycles. The van der Waals surface area contributed by atoms with Crippen LogP contribution in [0.3, 0.4) is 0 Å². The molecule has 0 aliphatic heterocycles. The summed E-state index contributed by atoms with van der Waals surface area (Å²) in [5.41, 5.74) is 2.79. The van der Waals surface area contributed by atoms with Gasteiger partial charge in [-0.1, -0.05) is 0 Å². The molecule has 0 fully saturated rings. The first-order valence-corrected chi connectivity index (χ1v) is 6.65. The summed E-state index contributed by atoms with van der Waals surface area (Å²) in [7, 11) is 0. The van der Waals surface area contributed by atoms with Gasteiger partial charge in [-0.2, -0.15) is 0 Å². The molecule has 0 aliphatic rings. The van der Waals surface area contributed by atoms with E-state index in [9.17, 15) is 0 Å². The molecular weight excluding hydrogens is 258 g/mol. The second-order valence-electron chi connectivity index (χ2n) is 3.97. The van der Waals surface area contributed by atoms with Gasteiger partial charge in [0, 0.05) is 17.8 Å². The standard InChI is InChI=1S/C14H11N3OS/c1-10(12-8-15-4-5-16-12)7-11-9-19-14(17-11)13-3-2-6-18-13/h2-9H,1H3. The maximum Gasteiger partial charge on any atom is 0.162 e. The van der Waals surface area contributed by atoms with Gasteiger partial charge in [0.05, 0.1) is 23.8 Å². The van der Waals surface area contributed by atoms with Crippen molar-refractivity contribution in [3.05, 3.63) is 53.8 Å². The number of nitrogens with zero attached hydrogens (tertiary/aromatic N) is 3. The molecule has 0 amide bonds. The number of allylic oxidation sites excluding steroid dienone is 1. The van der Waals surface area contributed by atoms with Crippen LogP contribution in [0.25, 0.3) is 22.4 Å². The summed E-state index contributed by atoms with van der Waals surface area (Å²) in [6.45, 7) is 2.00. The number of rotatable bonds is 3. The molecular formula is C14H11N3OS. The SMILES string of the molecule is CC(=Cc1csc(-c2ccco2)n1)c1cnccn1. The van der Waals surface area contributed by atoms with Crippen LogP contribution in [0.1, 0.15) is 18.3 Å². The largest absolute Gasteiger partial charge is 0.462 e. The summed E-state index contributed by atoms with van der Waals surface area (Å²) in [5, 5.41) is 2.88. The monoisotopic (exact) mass is 269 g/mol. The molecule has 0 spiro atoms. The van der Waals surface area contributed by atoms with Gasteiger partial charge in [0.15, 0.2) is 10.8 Å². The highest BCUT2D eigenvalue weighted by atomic mass is 32.1. The van der Waals surface area contributed by atoms with Crippen LogP contribution in [0.4, 0.5) is 0 Å². The van der Waals surface area contributed by atoms with E-state index in [2.05, 4.69) is 15.0 Å². The Morgan fingerprint density at radius 3 is 3.05 bits per heavy atom. The average Bonchev–Trinajstić information content (AvgIpc) is 3.10. The molecule has 94 valence electrons. The third-order valence-corrected chi connectivity index (χ3v) is 3.46. The van der Waals surface area contributed by atoms with Gasteiger partial charge < -0.3 is 4.42 Å². The van der Waals surface area contributed by atoms with Crippen LogP contribution in [0.2, 0.25) is 0 Å². The molecule has 0 N–H and O–H groups in total. The highest BCUT2D eigenvalue weighted by molar-refractivity contribution is 7.13. The third kappa shape index (κ3) is 2.61. The second-order valence-corrected chi connectivity index (χ2v) is 4.83. The van der Waals surface area contributed by atoms with E-state index in [0.29, 0.717) is 0 Å². The summed E-state index contributed by atoms with van der Waals surface area (Å²) < 4.78 is 5.33. The maximum absolute atomic E-state index is 5.33. The fraction of sp³-hybridized carbons (Fsp3) is 0.0714. The minimum atomic E-state index is 0.793. The van der Waals surface area contributed by atoms with Crippen LogP contribution >= 0.6 is 11.3 Å². The number of hydrogen-bond donors (Lipinski definition) is 0.